The maximum absolute atomic E-state index is 13.5. The van der Waals surface area contributed by atoms with Crippen molar-refractivity contribution in [1.29, 1.82) is 0 Å². The standard InChI is InChI=1S/C14H22ClFN2S/c15-13-5-4-6-14(16)12(13)11-19-10-9-18-8-3-1-2-7-17/h4-6,18H,1-3,7-11,17H2. The first-order valence-corrected chi connectivity index (χ1v) is 8.20. The molecule has 1 aromatic carbocycles. The predicted molar refractivity (Wildman–Crippen MR) is 83.3 cm³/mol. The van der Waals surface area contributed by atoms with E-state index in [1.165, 1.54) is 18.9 Å². The molecule has 0 aromatic heterocycles. The summed E-state index contributed by atoms with van der Waals surface area (Å²) in [4.78, 5) is 0. The second-order valence-corrected chi connectivity index (χ2v) is 5.86. The molecule has 0 amide bonds. The quantitative estimate of drug-likeness (QED) is 0.650. The topological polar surface area (TPSA) is 38.0 Å². The van der Waals surface area contributed by atoms with Crippen molar-refractivity contribution in [3.05, 3.63) is 34.6 Å². The molecular weight excluding hydrogens is 283 g/mol. The number of benzene rings is 1. The van der Waals surface area contributed by atoms with Crippen LogP contribution in [0, 0.1) is 5.82 Å². The molecular formula is C14H22ClFN2S. The summed E-state index contributed by atoms with van der Waals surface area (Å²) >= 11 is 7.66. The number of thioether (sulfide) groups is 1. The van der Waals surface area contributed by atoms with Crippen molar-refractivity contribution in [2.75, 3.05) is 25.4 Å². The molecule has 0 saturated heterocycles. The van der Waals surface area contributed by atoms with Crippen molar-refractivity contribution in [1.82, 2.24) is 5.32 Å². The zero-order chi connectivity index (χ0) is 13.9. The summed E-state index contributed by atoms with van der Waals surface area (Å²) in [6.45, 7) is 2.75. The minimum atomic E-state index is -0.213. The summed E-state index contributed by atoms with van der Waals surface area (Å²) in [5, 5.41) is 3.89. The molecule has 2 nitrogen and oxygen atoms in total. The van der Waals surface area contributed by atoms with E-state index >= 15 is 0 Å². The minimum Gasteiger partial charge on any atom is -0.330 e. The van der Waals surface area contributed by atoms with E-state index in [4.69, 9.17) is 17.3 Å². The van der Waals surface area contributed by atoms with Crippen molar-refractivity contribution >= 4 is 23.4 Å². The molecule has 5 heteroatoms. The number of hydrogen-bond acceptors (Lipinski definition) is 3. The van der Waals surface area contributed by atoms with Gasteiger partial charge in [-0.15, -0.1) is 0 Å². The third-order valence-electron chi connectivity index (χ3n) is 2.79. The maximum Gasteiger partial charge on any atom is 0.128 e. The van der Waals surface area contributed by atoms with E-state index in [0.717, 1.165) is 31.8 Å². The van der Waals surface area contributed by atoms with E-state index in [9.17, 15) is 4.39 Å². The number of hydrogen-bond donors (Lipinski definition) is 2. The molecule has 0 fully saturated rings. The Hall–Kier alpha value is -0.290. The highest BCUT2D eigenvalue weighted by Crippen LogP contribution is 2.23. The Kier molecular flexibility index (Phi) is 9.26. The molecule has 0 aliphatic heterocycles. The third-order valence-corrected chi connectivity index (χ3v) is 4.13. The van der Waals surface area contributed by atoms with Gasteiger partial charge in [0, 0.05) is 28.6 Å². The zero-order valence-electron chi connectivity index (χ0n) is 11.1. The number of unbranched alkanes of at least 4 members (excludes halogenated alkanes) is 2. The van der Waals surface area contributed by atoms with Crippen molar-refractivity contribution < 1.29 is 4.39 Å². The van der Waals surface area contributed by atoms with E-state index in [1.807, 2.05) is 0 Å². The van der Waals surface area contributed by atoms with E-state index in [-0.39, 0.29) is 5.82 Å². The predicted octanol–water partition coefficient (Wildman–Crippen LogP) is 3.43. The summed E-state index contributed by atoms with van der Waals surface area (Å²) in [6, 6.07) is 4.82. The van der Waals surface area contributed by atoms with Gasteiger partial charge in [0.15, 0.2) is 0 Å². The van der Waals surface area contributed by atoms with Gasteiger partial charge in [0.05, 0.1) is 0 Å². The van der Waals surface area contributed by atoms with Crippen LogP contribution < -0.4 is 11.1 Å². The van der Waals surface area contributed by atoms with Crippen LogP contribution in [-0.4, -0.2) is 25.4 Å². The van der Waals surface area contributed by atoms with Crippen molar-refractivity contribution in [2.24, 2.45) is 5.73 Å². The van der Waals surface area contributed by atoms with E-state index in [0.29, 0.717) is 16.3 Å². The maximum atomic E-state index is 13.5. The van der Waals surface area contributed by atoms with Gasteiger partial charge in [0.2, 0.25) is 0 Å². The second kappa shape index (κ2) is 10.5. The molecule has 19 heavy (non-hydrogen) atoms. The molecule has 3 N–H and O–H groups in total. The van der Waals surface area contributed by atoms with Gasteiger partial charge in [0.1, 0.15) is 5.82 Å². The highest BCUT2D eigenvalue weighted by Gasteiger charge is 2.06. The minimum absolute atomic E-state index is 0.213. The molecule has 0 atom stereocenters. The first-order chi connectivity index (χ1) is 9.25. The SMILES string of the molecule is NCCCCCNCCSCc1c(F)cccc1Cl. The third kappa shape index (κ3) is 7.16. The molecule has 1 aromatic rings. The molecule has 0 spiro atoms. The van der Waals surface area contributed by atoms with Crippen LogP contribution in [0.25, 0.3) is 0 Å². The summed E-state index contributed by atoms with van der Waals surface area (Å²) in [7, 11) is 0. The van der Waals surface area contributed by atoms with E-state index in [2.05, 4.69) is 5.32 Å². The lowest BCUT2D eigenvalue weighted by Crippen LogP contribution is -2.18. The molecule has 0 radical (unpaired) electrons. The number of halogens is 2. The number of rotatable bonds is 10. The van der Waals surface area contributed by atoms with Crippen molar-refractivity contribution in [3.8, 4) is 0 Å². The van der Waals surface area contributed by atoms with Crippen LogP contribution >= 0.6 is 23.4 Å². The Morgan fingerprint density at radius 3 is 2.79 bits per heavy atom. The van der Waals surface area contributed by atoms with Crippen LogP contribution in [0.4, 0.5) is 4.39 Å². The lowest BCUT2D eigenvalue weighted by Gasteiger charge is -2.07. The van der Waals surface area contributed by atoms with Crippen LogP contribution in [-0.2, 0) is 5.75 Å². The molecule has 0 aliphatic carbocycles. The van der Waals surface area contributed by atoms with Crippen LogP contribution in [0.15, 0.2) is 18.2 Å². The van der Waals surface area contributed by atoms with Crippen LogP contribution in [0.3, 0.4) is 0 Å². The van der Waals surface area contributed by atoms with Crippen LogP contribution in [0.2, 0.25) is 5.02 Å². The van der Waals surface area contributed by atoms with Gasteiger partial charge >= 0.3 is 0 Å². The van der Waals surface area contributed by atoms with Gasteiger partial charge in [-0.25, -0.2) is 4.39 Å². The highest BCUT2D eigenvalue weighted by atomic mass is 35.5. The fourth-order valence-corrected chi connectivity index (χ4v) is 2.92. The van der Waals surface area contributed by atoms with E-state index < -0.39 is 0 Å². The molecule has 0 heterocycles. The van der Waals surface area contributed by atoms with E-state index in [1.54, 1.807) is 23.9 Å². The smallest absolute Gasteiger partial charge is 0.128 e. The number of nitrogens with two attached hydrogens (primary N) is 1. The summed E-state index contributed by atoms with van der Waals surface area (Å²) in [6.07, 6.45) is 3.45. The average Bonchev–Trinajstić information content (AvgIpc) is 2.40. The highest BCUT2D eigenvalue weighted by molar-refractivity contribution is 7.98. The summed E-state index contributed by atoms with van der Waals surface area (Å²) in [5.41, 5.74) is 6.03. The molecule has 0 saturated carbocycles. The Balaban J connectivity index is 2.05. The summed E-state index contributed by atoms with van der Waals surface area (Å²) < 4.78 is 13.5. The lowest BCUT2D eigenvalue weighted by atomic mass is 10.2. The molecule has 0 aliphatic rings. The van der Waals surface area contributed by atoms with Gasteiger partial charge in [-0.3, -0.25) is 0 Å². The Morgan fingerprint density at radius 2 is 2.05 bits per heavy atom. The molecule has 108 valence electrons. The van der Waals surface area contributed by atoms with Crippen molar-refractivity contribution in [3.63, 3.8) is 0 Å². The van der Waals surface area contributed by atoms with Crippen LogP contribution in [0.5, 0.6) is 0 Å². The first kappa shape index (κ1) is 16.8. The summed E-state index contributed by atoms with van der Waals surface area (Å²) in [5.74, 6) is 1.37. The second-order valence-electron chi connectivity index (χ2n) is 4.35. The van der Waals surface area contributed by atoms with Gasteiger partial charge in [0.25, 0.3) is 0 Å². The first-order valence-electron chi connectivity index (χ1n) is 6.67. The van der Waals surface area contributed by atoms with Gasteiger partial charge in [-0.05, 0) is 38.1 Å². The Labute approximate surface area is 124 Å². The fraction of sp³-hybridized carbons (Fsp3) is 0.571. The van der Waals surface area contributed by atoms with Crippen LogP contribution in [0.1, 0.15) is 24.8 Å². The molecule has 0 unspecified atom stereocenters. The van der Waals surface area contributed by atoms with Gasteiger partial charge in [-0.1, -0.05) is 24.1 Å². The largest absolute Gasteiger partial charge is 0.330 e. The average molecular weight is 305 g/mol. The Bertz CT molecular complexity index is 343. The molecule has 0 bridgehead atoms. The van der Waals surface area contributed by atoms with Crippen molar-refractivity contribution in [2.45, 2.75) is 25.0 Å². The normalized spacial score (nSPS) is 10.9. The Morgan fingerprint density at radius 1 is 1.21 bits per heavy atom. The zero-order valence-corrected chi connectivity index (χ0v) is 12.7. The van der Waals surface area contributed by atoms with Gasteiger partial charge in [-0.2, -0.15) is 11.8 Å². The number of nitrogens with one attached hydrogen (secondary N) is 1. The lowest BCUT2D eigenvalue weighted by molar-refractivity contribution is 0.617. The molecule has 1 rings (SSSR count). The fourth-order valence-electron chi connectivity index (χ4n) is 1.68. The van der Waals surface area contributed by atoms with Gasteiger partial charge < -0.3 is 11.1 Å². The monoisotopic (exact) mass is 304 g/mol.